The topological polar surface area (TPSA) is 71.5 Å². The predicted octanol–water partition coefficient (Wildman–Crippen LogP) is 1.67. The summed E-state index contributed by atoms with van der Waals surface area (Å²) < 4.78 is 4.97. The van der Waals surface area contributed by atoms with Gasteiger partial charge in [-0.15, -0.1) is 11.3 Å². The van der Waals surface area contributed by atoms with Gasteiger partial charge in [-0.25, -0.2) is 4.98 Å². The van der Waals surface area contributed by atoms with Crippen LogP contribution in [-0.4, -0.2) is 48.5 Å². The number of methoxy groups -OCH3 is 1. The average molecular weight is 299 g/mol. The molecule has 7 heteroatoms. The number of anilines is 1. The number of aromatic nitrogens is 1. The van der Waals surface area contributed by atoms with Crippen molar-refractivity contribution in [2.24, 2.45) is 0 Å². The number of nitrogens with one attached hydrogen (secondary N) is 1. The van der Waals surface area contributed by atoms with Crippen LogP contribution >= 0.6 is 11.3 Å². The fraction of sp³-hybridized carbons (Fsp3) is 0.615. The molecule has 0 bridgehead atoms. The zero-order chi connectivity index (χ0) is 15.0. The fourth-order valence-corrected chi connectivity index (χ4v) is 2.29. The van der Waals surface area contributed by atoms with Gasteiger partial charge in [0.1, 0.15) is 6.54 Å². The molecule has 0 atom stereocenters. The van der Waals surface area contributed by atoms with E-state index in [0.29, 0.717) is 24.7 Å². The Balaban J connectivity index is 2.54. The molecule has 1 rings (SSSR count). The molecule has 20 heavy (non-hydrogen) atoms. The number of carbonyl (C=O) groups excluding carboxylic acids is 2. The van der Waals surface area contributed by atoms with Gasteiger partial charge in [-0.1, -0.05) is 6.92 Å². The highest BCUT2D eigenvalue weighted by atomic mass is 32.1. The molecule has 0 unspecified atom stereocenters. The highest BCUT2D eigenvalue weighted by Gasteiger charge is 2.16. The number of rotatable bonds is 8. The Morgan fingerprint density at radius 2 is 2.25 bits per heavy atom. The number of hydrogen-bond acceptors (Lipinski definition) is 5. The number of aryl methyl sites for hydroxylation is 1. The minimum Gasteiger partial charge on any atom is -0.383 e. The summed E-state index contributed by atoms with van der Waals surface area (Å²) in [5.41, 5.74) is 0. The van der Waals surface area contributed by atoms with Crippen LogP contribution in [0.3, 0.4) is 0 Å². The molecule has 0 aliphatic carbocycles. The minimum absolute atomic E-state index is 0.0286. The van der Waals surface area contributed by atoms with Crippen molar-refractivity contribution in [2.45, 2.75) is 26.7 Å². The number of hydrogen-bond donors (Lipinski definition) is 1. The number of nitrogens with zero attached hydrogens (tertiary/aromatic N) is 2. The van der Waals surface area contributed by atoms with Crippen molar-refractivity contribution in [3.63, 3.8) is 0 Å². The monoisotopic (exact) mass is 299 g/mol. The van der Waals surface area contributed by atoms with E-state index in [1.54, 1.807) is 13.3 Å². The molecule has 1 N–H and O–H groups in total. The summed E-state index contributed by atoms with van der Waals surface area (Å²) in [5.74, 6) is -0.269. The molecule has 0 saturated carbocycles. The van der Waals surface area contributed by atoms with Crippen LogP contribution in [0.15, 0.2) is 6.20 Å². The largest absolute Gasteiger partial charge is 0.383 e. The number of thiazole rings is 1. The SMILES string of the molecule is CCCC(=O)N(CCOC)CC(=O)Nc1ncc(C)s1. The summed E-state index contributed by atoms with van der Waals surface area (Å²) in [6, 6.07) is 0. The molecule has 112 valence electrons. The van der Waals surface area contributed by atoms with Gasteiger partial charge in [0.25, 0.3) is 0 Å². The molecule has 0 saturated heterocycles. The van der Waals surface area contributed by atoms with Gasteiger partial charge < -0.3 is 15.0 Å². The highest BCUT2D eigenvalue weighted by Crippen LogP contribution is 2.16. The van der Waals surface area contributed by atoms with Gasteiger partial charge in [0.05, 0.1) is 6.61 Å². The first-order valence-corrected chi connectivity index (χ1v) is 7.37. The summed E-state index contributed by atoms with van der Waals surface area (Å²) in [5, 5.41) is 3.26. The van der Waals surface area contributed by atoms with E-state index in [-0.39, 0.29) is 18.4 Å². The van der Waals surface area contributed by atoms with Crippen LogP contribution in [0.2, 0.25) is 0 Å². The van der Waals surface area contributed by atoms with Gasteiger partial charge in [0.2, 0.25) is 11.8 Å². The summed E-state index contributed by atoms with van der Waals surface area (Å²) in [7, 11) is 1.57. The van der Waals surface area contributed by atoms with Crippen molar-refractivity contribution in [3.8, 4) is 0 Å². The Hall–Kier alpha value is -1.47. The molecule has 1 aromatic rings. The smallest absolute Gasteiger partial charge is 0.245 e. The van der Waals surface area contributed by atoms with Gasteiger partial charge in [-0.05, 0) is 13.3 Å². The van der Waals surface area contributed by atoms with Gasteiger partial charge in [0.15, 0.2) is 5.13 Å². The lowest BCUT2D eigenvalue weighted by atomic mass is 10.3. The molecule has 6 nitrogen and oxygen atoms in total. The highest BCUT2D eigenvalue weighted by molar-refractivity contribution is 7.15. The Morgan fingerprint density at radius 3 is 2.80 bits per heavy atom. The maximum absolute atomic E-state index is 11.9. The maximum Gasteiger partial charge on any atom is 0.245 e. The molecule has 0 aromatic carbocycles. The zero-order valence-electron chi connectivity index (χ0n) is 12.1. The first kappa shape index (κ1) is 16.6. The van der Waals surface area contributed by atoms with Crippen molar-refractivity contribution >= 4 is 28.3 Å². The third-order valence-corrected chi connectivity index (χ3v) is 3.41. The van der Waals surface area contributed by atoms with Crippen LogP contribution < -0.4 is 5.32 Å². The van der Waals surface area contributed by atoms with Gasteiger partial charge in [-0.3, -0.25) is 9.59 Å². The van der Waals surface area contributed by atoms with E-state index in [0.717, 1.165) is 11.3 Å². The first-order valence-electron chi connectivity index (χ1n) is 6.55. The Labute approximate surface area is 123 Å². The van der Waals surface area contributed by atoms with E-state index < -0.39 is 0 Å². The van der Waals surface area contributed by atoms with E-state index in [2.05, 4.69) is 10.3 Å². The van der Waals surface area contributed by atoms with E-state index in [1.165, 1.54) is 16.2 Å². The van der Waals surface area contributed by atoms with E-state index in [9.17, 15) is 9.59 Å². The fourth-order valence-electron chi connectivity index (χ4n) is 1.61. The first-order chi connectivity index (χ1) is 9.56. The summed E-state index contributed by atoms with van der Waals surface area (Å²) >= 11 is 1.41. The normalized spacial score (nSPS) is 10.3. The van der Waals surface area contributed by atoms with Crippen molar-refractivity contribution in [2.75, 3.05) is 32.1 Å². The molecule has 0 aliphatic rings. The maximum atomic E-state index is 11.9. The molecule has 2 amide bonds. The molecule has 0 aliphatic heterocycles. The van der Waals surface area contributed by atoms with Crippen molar-refractivity contribution in [1.29, 1.82) is 0 Å². The Bertz CT molecular complexity index is 448. The summed E-state index contributed by atoms with van der Waals surface area (Å²) in [4.78, 5) is 30.5. The second-order valence-electron chi connectivity index (χ2n) is 4.38. The molecule has 1 aromatic heterocycles. The molecule has 1 heterocycles. The van der Waals surface area contributed by atoms with Gasteiger partial charge >= 0.3 is 0 Å². The zero-order valence-corrected chi connectivity index (χ0v) is 13.0. The molecule has 0 spiro atoms. The Morgan fingerprint density at radius 1 is 1.50 bits per heavy atom. The lowest BCUT2D eigenvalue weighted by molar-refractivity contribution is -0.135. The number of carbonyl (C=O) groups is 2. The summed E-state index contributed by atoms with van der Waals surface area (Å²) in [6.45, 7) is 4.72. The number of amides is 2. The Kier molecular flexibility index (Phi) is 7.17. The average Bonchev–Trinajstić information content (AvgIpc) is 2.80. The minimum atomic E-state index is -0.236. The van der Waals surface area contributed by atoms with Crippen molar-refractivity contribution in [1.82, 2.24) is 9.88 Å². The third kappa shape index (κ3) is 5.66. The summed E-state index contributed by atoms with van der Waals surface area (Å²) in [6.07, 6.45) is 2.90. The van der Waals surface area contributed by atoms with Crippen LogP contribution in [0.5, 0.6) is 0 Å². The lowest BCUT2D eigenvalue weighted by Gasteiger charge is -2.21. The van der Waals surface area contributed by atoms with Crippen molar-refractivity contribution < 1.29 is 14.3 Å². The quantitative estimate of drug-likeness (QED) is 0.792. The van der Waals surface area contributed by atoms with Crippen molar-refractivity contribution in [3.05, 3.63) is 11.1 Å². The van der Waals surface area contributed by atoms with Gasteiger partial charge in [0, 0.05) is 31.1 Å². The predicted molar refractivity (Wildman–Crippen MR) is 78.8 cm³/mol. The van der Waals surface area contributed by atoms with E-state index in [4.69, 9.17) is 4.74 Å². The van der Waals surface area contributed by atoms with Crippen LogP contribution in [0.4, 0.5) is 5.13 Å². The molecular formula is C13H21N3O3S. The standard InChI is InChI=1S/C13H21N3O3S/c1-4-5-12(18)16(6-7-19-3)9-11(17)15-13-14-8-10(2)20-13/h8H,4-7,9H2,1-3H3,(H,14,15,17). The van der Waals surface area contributed by atoms with Crippen LogP contribution in [-0.2, 0) is 14.3 Å². The van der Waals surface area contributed by atoms with Crippen LogP contribution in [0.25, 0.3) is 0 Å². The van der Waals surface area contributed by atoms with Crippen LogP contribution in [0.1, 0.15) is 24.6 Å². The second kappa shape index (κ2) is 8.65. The molecular weight excluding hydrogens is 278 g/mol. The molecule has 0 radical (unpaired) electrons. The van der Waals surface area contributed by atoms with E-state index in [1.807, 2.05) is 13.8 Å². The number of ether oxygens (including phenoxy) is 1. The molecule has 0 fully saturated rings. The third-order valence-electron chi connectivity index (χ3n) is 2.58. The second-order valence-corrected chi connectivity index (χ2v) is 5.62. The van der Waals surface area contributed by atoms with E-state index >= 15 is 0 Å². The lowest BCUT2D eigenvalue weighted by Crippen LogP contribution is -2.39. The van der Waals surface area contributed by atoms with Gasteiger partial charge in [-0.2, -0.15) is 0 Å². The van der Waals surface area contributed by atoms with Crippen LogP contribution in [0, 0.1) is 6.92 Å².